The molecule has 4 nitrogen and oxygen atoms in total. The van der Waals surface area contributed by atoms with Crippen LogP contribution in [0.2, 0.25) is 10.0 Å². The minimum absolute atomic E-state index is 0.119. The standard InChI is InChI=1S/C24H20Cl2N2O2/c1-14-21-22(17-11-10-16(25)12-18(17)26)23-19(29)8-5-9-20(23)30-24(21)28(27-14)13-15-6-3-2-4-7-15/h2-4,6-7,10-12,22H,5,8-9,13H2,1H3. The van der Waals surface area contributed by atoms with Crippen molar-refractivity contribution in [2.45, 2.75) is 38.6 Å². The SMILES string of the molecule is Cc1nn(Cc2ccccc2)c2c1C(c1ccc(Cl)cc1Cl)C1=C(CCCC1=O)O2. The van der Waals surface area contributed by atoms with Crippen molar-refractivity contribution in [2.24, 2.45) is 0 Å². The molecule has 1 unspecified atom stereocenters. The van der Waals surface area contributed by atoms with Gasteiger partial charge in [-0.05, 0) is 36.6 Å². The summed E-state index contributed by atoms with van der Waals surface area (Å²) in [6.07, 6.45) is 2.05. The molecule has 5 rings (SSSR count). The molecule has 0 amide bonds. The fourth-order valence-corrected chi connectivity index (χ4v) is 4.97. The highest BCUT2D eigenvalue weighted by Gasteiger charge is 2.40. The van der Waals surface area contributed by atoms with Crippen molar-refractivity contribution in [2.75, 3.05) is 0 Å². The first-order valence-electron chi connectivity index (χ1n) is 10.0. The summed E-state index contributed by atoms with van der Waals surface area (Å²) in [6, 6.07) is 15.6. The molecule has 0 N–H and O–H groups in total. The summed E-state index contributed by atoms with van der Waals surface area (Å²) in [5, 5.41) is 5.89. The average molecular weight is 439 g/mol. The molecule has 2 aromatic carbocycles. The van der Waals surface area contributed by atoms with Gasteiger partial charge in [0.2, 0.25) is 5.88 Å². The van der Waals surface area contributed by atoms with Crippen molar-refractivity contribution in [1.29, 1.82) is 0 Å². The molecule has 1 aliphatic heterocycles. The number of aromatic nitrogens is 2. The highest BCUT2D eigenvalue weighted by atomic mass is 35.5. The normalized spacial score (nSPS) is 18.1. The second-order valence-electron chi connectivity index (χ2n) is 7.76. The van der Waals surface area contributed by atoms with Crippen LogP contribution in [0.1, 0.15) is 47.6 Å². The molecule has 30 heavy (non-hydrogen) atoms. The maximum absolute atomic E-state index is 13.0. The summed E-state index contributed by atoms with van der Waals surface area (Å²) in [6.45, 7) is 2.55. The lowest BCUT2D eigenvalue weighted by Gasteiger charge is -2.32. The second-order valence-corrected chi connectivity index (χ2v) is 8.61. The minimum atomic E-state index is -0.300. The number of ether oxygens (including phenoxy) is 1. The molecule has 3 aromatic rings. The number of aryl methyl sites for hydroxylation is 1. The molecule has 2 heterocycles. The van der Waals surface area contributed by atoms with Crippen molar-refractivity contribution in [1.82, 2.24) is 9.78 Å². The Hall–Kier alpha value is -2.56. The highest BCUT2D eigenvalue weighted by molar-refractivity contribution is 6.35. The minimum Gasteiger partial charge on any atom is -0.443 e. The van der Waals surface area contributed by atoms with Crippen LogP contribution in [0.15, 0.2) is 59.9 Å². The van der Waals surface area contributed by atoms with E-state index in [1.165, 1.54) is 0 Å². The second kappa shape index (κ2) is 7.60. The highest BCUT2D eigenvalue weighted by Crippen LogP contribution is 2.49. The Kier molecular flexibility index (Phi) is 4.92. The Morgan fingerprint density at radius 2 is 1.93 bits per heavy atom. The largest absolute Gasteiger partial charge is 0.443 e. The van der Waals surface area contributed by atoms with E-state index in [9.17, 15) is 4.79 Å². The van der Waals surface area contributed by atoms with E-state index in [1.54, 1.807) is 6.07 Å². The molecule has 0 bridgehead atoms. The van der Waals surface area contributed by atoms with Gasteiger partial charge >= 0.3 is 0 Å². The van der Waals surface area contributed by atoms with E-state index in [0.717, 1.165) is 41.0 Å². The number of allylic oxidation sites excluding steroid dienone is 2. The molecule has 0 spiro atoms. The Labute approximate surface area is 185 Å². The third-order valence-electron chi connectivity index (χ3n) is 5.78. The van der Waals surface area contributed by atoms with Crippen molar-refractivity contribution in [3.05, 3.63) is 92.3 Å². The van der Waals surface area contributed by atoms with Crippen molar-refractivity contribution in [3.63, 3.8) is 0 Å². The molecule has 0 saturated carbocycles. The average Bonchev–Trinajstić information content (AvgIpc) is 3.03. The first kappa shape index (κ1) is 19.4. The number of rotatable bonds is 3. The fourth-order valence-electron chi connectivity index (χ4n) is 4.45. The van der Waals surface area contributed by atoms with Gasteiger partial charge in [-0.3, -0.25) is 4.79 Å². The monoisotopic (exact) mass is 438 g/mol. The van der Waals surface area contributed by atoms with Gasteiger partial charge in [-0.25, -0.2) is 4.68 Å². The lowest BCUT2D eigenvalue weighted by Crippen LogP contribution is -2.26. The van der Waals surface area contributed by atoms with Gasteiger partial charge in [0.1, 0.15) is 5.76 Å². The number of benzene rings is 2. The van der Waals surface area contributed by atoms with E-state index in [4.69, 9.17) is 33.0 Å². The molecule has 152 valence electrons. The Morgan fingerprint density at radius 1 is 1.13 bits per heavy atom. The first-order valence-corrected chi connectivity index (χ1v) is 10.8. The third kappa shape index (κ3) is 3.24. The maximum Gasteiger partial charge on any atom is 0.222 e. The predicted octanol–water partition coefficient (Wildman–Crippen LogP) is 6.08. The summed E-state index contributed by atoms with van der Waals surface area (Å²) in [5.74, 6) is 1.25. The zero-order valence-corrected chi connectivity index (χ0v) is 18.0. The van der Waals surface area contributed by atoms with Crippen LogP contribution in [0.4, 0.5) is 0 Å². The van der Waals surface area contributed by atoms with Gasteiger partial charge in [-0.1, -0.05) is 59.6 Å². The van der Waals surface area contributed by atoms with Gasteiger partial charge in [0.05, 0.1) is 12.2 Å². The molecule has 1 aromatic heterocycles. The van der Waals surface area contributed by atoms with E-state index in [2.05, 4.69) is 12.1 Å². The topological polar surface area (TPSA) is 44.1 Å². The van der Waals surface area contributed by atoms with E-state index in [1.807, 2.05) is 41.9 Å². The smallest absolute Gasteiger partial charge is 0.222 e. The lowest BCUT2D eigenvalue weighted by atomic mass is 9.77. The zero-order chi connectivity index (χ0) is 20.8. The number of Topliss-reactive ketones (excluding diaryl/α,β-unsaturated/α-hetero) is 1. The van der Waals surface area contributed by atoms with Gasteiger partial charge in [0, 0.05) is 39.9 Å². The molecule has 2 aliphatic rings. The lowest BCUT2D eigenvalue weighted by molar-refractivity contribution is -0.116. The van der Waals surface area contributed by atoms with Crippen LogP contribution in [0.5, 0.6) is 5.88 Å². The van der Waals surface area contributed by atoms with Crippen LogP contribution in [-0.4, -0.2) is 15.6 Å². The Morgan fingerprint density at radius 3 is 2.70 bits per heavy atom. The molecule has 1 aliphatic carbocycles. The molecule has 0 saturated heterocycles. The van der Waals surface area contributed by atoms with Crippen LogP contribution >= 0.6 is 23.2 Å². The Bertz CT molecular complexity index is 1180. The van der Waals surface area contributed by atoms with Crippen LogP contribution in [0, 0.1) is 6.92 Å². The van der Waals surface area contributed by atoms with Crippen molar-refractivity contribution < 1.29 is 9.53 Å². The molecular formula is C24H20Cl2N2O2. The molecular weight excluding hydrogens is 419 g/mol. The summed E-state index contributed by atoms with van der Waals surface area (Å²) in [4.78, 5) is 13.0. The van der Waals surface area contributed by atoms with E-state index < -0.39 is 0 Å². The van der Waals surface area contributed by atoms with Crippen LogP contribution in [0.3, 0.4) is 0 Å². The number of carbonyl (C=O) groups is 1. The number of hydrogen-bond acceptors (Lipinski definition) is 3. The summed E-state index contributed by atoms with van der Waals surface area (Å²) in [7, 11) is 0. The zero-order valence-electron chi connectivity index (χ0n) is 16.5. The van der Waals surface area contributed by atoms with Gasteiger partial charge < -0.3 is 4.74 Å². The third-order valence-corrected chi connectivity index (χ3v) is 6.34. The number of nitrogens with zero attached hydrogens (tertiary/aromatic N) is 2. The maximum atomic E-state index is 13.0. The number of halogens is 2. The fraction of sp³-hybridized carbons (Fsp3) is 0.250. The number of carbonyl (C=O) groups excluding carboxylic acids is 1. The van der Waals surface area contributed by atoms with Gasteiger partial charge in [0.25, 0.3) is 0 Å². The van der Waals surface area contributed by atoms with Crippen LogP contribution in [0.25, 0.3) is 0 Å². The number of fused-ring (bicyclic) bond motifs is 1. The molecule has 0 fully saturated rings. The van der Waals surface area contributed by atoms with Crippen LogP contribution < -0.4 is 4.74 Å². The Balaban J connectivity index is 1.69. The molecule has 0 radical (unpaired) electrons. The van der Waals surface area contributed by atoms with Gasteiger partial charge in [-0.2, -0.15) is 5.10 Å². The first-order chi connectivity index (χ1) is 14.5. The quantitative estimate of drug-likeness (QED) is 0.497. The van der Waals surface area contributed by atoms with Crippen molar-refractivity contribution >= 4 is 29.0 Å². The number of hydrogen-bond donors (Lipinski definition) is 0. The molecule has 6 heteroatoms. The summed E-state index contributed by atoms with van der Waals surface area (Å²) >= 11 is 12.8. The predicted molar refractivity (Wildman–Crippen MR) is 117 cm³/mol. The van der Waals surface area contributed by atoms with E-state index in [0.29, 0.717) is 34.5 Å². The summed E-state index contributed by atoms with van der Waals surface area (Å²) in [5.41, 5.74) is 4.44. The van der Waals surface area contributed by atoms with Crippen LogP contribution in [-0.2, 0) is 11.3 Å². The van der Waals surface area contributed by atoms with Crippen molar-refractivity contribution in [3.8, 4) is 5.88 Å². The number of ketones is 1. The molecule has 1 atom stereocenters. The summed E-state index contributed by atoms with van der Waals surface area (Å²) < 4.78 is 8.22. The van der Waals surface area contributed by atoms with Gasteiger partial charge in [-0.15, -0.1) is 0 Å². The van der Waals surface area contributed by atoms with E-state index in [-0.39, 0.29) is 11.7 Å². The van der Waals surface area contributed by atoms with Gasteiger partial charge in [0.15, 0.2) is 5.78 Å². The van der Waals surface area contributed by atoms with E-state index >= 15 is 0 Å².